The minimum absolute atomic E-state index is 0.972. The molecular formula is C15H31NO2. The number of aliphatic carboxylic acids is 1. The highest BCUT2D eigenvalue weighted by atomic mass is 16.4. The first-order chi connectivity index (χ1) is 8.66. The van der Waals surface area contributed by atoms with Crippen molar-refractivity contribution in [3.05, 3.63) is 0 Å². The molecule has 1 aliphatic rings. The quantitative estimate of drug-likeness (QED) is 0.664. The fraction of sp³-hybridized carbons (Fsp3) is 0.933. The SMILES string of the molecule is CC(=O)[O-].CCCCCCCCC[NH+]1CCCC1. The van der Waals surface area contributed by atoms with Crippen LogP contribution in [0.5, 0.6) is 0 Å². The smallest absolute Gasteiger partial charge is 0.0773 e. The molecule has 0 atom stereocenters. The van der Waals surface area contributed by atoms with E-state index in [4.69, 9.17) is 9.90 Å². The topological polar surface area (TPSA) is 44.6 Å². The summed E-state index contributed by atoms with van der Waals surface area (Å²) in [6.07, 6.45) is 13.1. The molecule has 0 radical (unpaired) electrons. The lowest BCUT2D eigenvalue weighted by atomic mass is 10.1. The number of quaternary nitrogens is 1. The standard InChI is InChI=1S/C13H27N.C2H4O2/c1-2-3-4-5-6-7-8-11-14-12-9-10-13-14;1-2(3)4/h2-13H2,1H3;1H3,(H,3,4). The molecule has 1 saturated heterocycles. The second kappa shape index (κ2) is 12.9. The maximum Gasteiger partial charge on any atom is 0.0773 e. The third kappa shape index (κ3) is 13.5. The molecule has 1 aliphatic heterocycles. The van der Waals surface area contributed by atoms with Crippen LogP contribution in [-0.4, -0.2) is 25.6 Å². The number of likely N-dealkylation sites (tertiary alicyclic amines) is 1. The molecule has 0 aromatic rings. The van der Waals surface area contributed by atoms with Gasteiger partial charge in [-0.25, -0.2) is 0 Å². The van der Waals surface area contributed by atoms with E-state index < -0.39 is 5.97 Å². The lowest BCUT2D eigenvalue weighted by molar-refractivity contribution is -0.887. The van der Waals surface area contributed by atoms with Crippen molar-refractivity contribution < 1.29 is 14.8 Å². The highest BCUT2D eigenvalue weighted by Gasteiger charge is 2.13. The summed E-state index contributed by atoms with van der Waals surface area (Å²) in [7, 11) is 0. The molecule has 0 unspecified atom stereocenters. The number of nitrogens with one attached hydrogen (secondary N) is 1. The van der Waals surface area contributed by atoms with Gasteiger partial charge in [-0.1, -0.05) is 39.0 Å². The summed E-state index contributed by atoms with van der Waals surface area (Å²) < 4.78 is 0. The molecule has 3 heteroatoms. The van der Waals surface area contributed by atoms with Gasteiger partial charge in [-0.3, -0.25) is 0 Å². The minimum atomic E-state index is -1.08. The third-order valence-electron chi connectivity index (χ3n) is 3.44. The second-order valence-corrected chi connectivity index (χ2v) is 5.32. The molecule has 0 bridgehead atoms. The summed E-state index contributed by atoms with van der Waals surface area (Å²) in [4.78, 5) is 10.8. The molecule has 0 amide bonds. The predicted molar refractivity (Wildman–Crippen MR) is 73.5 cm³/mol. The molecule has 18 heavy (non-hydrogen) atoms. The van der Waals surface area contributed by atoms with E-state index in [-0.39, 0.29) is 0 Å². The maximum atomic E-state index is 8.89. The fourth-order valence-electron chi connectivity index (χ4n) is 2.46. The van der Waals surface area contributed by atoms with Crippen molar-refractivity contribution in [3.63, 3.8) is 0 Å². The van der Waals surface area contributed by atoms with Gasteiger partial charge < -0.3 is 14.8 Å². The van der Waals surface area contributed by atoms with E-state index in [1.165, 1.54) is 77.4 Å². The van der Waals surface area contributed by atoms with Crippen LogP contribution in [0.25, 0.3) is 0 Å². The van der Waals surface area contributed by atoms with Crippen molar-refractivity contribution in [2.75, 3.05) is 19.6 Å². The van der Waals surface area contributed by atoms with Crippen LogP contribution in [0.4, 0.5) is 0 Å². The lowest BCUT2D eigenvalue weighted by Crippen LogP contribution is -3.09. The first kappa shape index (κ1) is 17.4. The van der Waals surface area contributed by atoms with E-state index in [2.05, 4.69) is 6.92 Å². The Morgan fingerprint density at radius 3 is 1.94 bits per heavy atom. The Labute approximate surface area is 113 Å². The predicted octanol–water partition coefficient (Wildman–Crippen LogP) is 1.17. The van der Waals surface area contributed by atoms with Gasteiger partial charge in [0.25, 0.3) is 0 Å². The van der Waals surface area contributed by atoms with Gasteiger partial charge in [-0.15, -0.1) is 0 Å². The maximum absolute atomic E-state index is 8.89. The van der Waals surface area contributed by atoms with Crippen LogP contribution in [0.3, 0.4) is 0 Å². The van der Waals surface area contributed by atoms with Crippen molar-refractivity contribution in [1.29, 1.82) is 0 Å². The zero-order chi connectivity index (χ0) is 13.6. The Morgan fingerprint density at radius 1 is 1.00 bits per heavy atom. The zero-order valence-corrected chi connectivity index (χ0v) is 12.3. The summed E-state index contributed by atoms with van der Waals surface area (Å²) in [5.41, 5.74) is 0. The molecule has 0 aliphatic carbocycles. The Bertz CT molecular complexity index is 185. The Kier molecular flexibility index (Phi) is 12.5. The molecular weight excluding hydrogens is 226 g/mol. The first-order valence-corrected chi connectivity index (χ1v) is 7.68. The molecule has 1 rings (SSSR count). The summed E-state index contributed by atoms with van der Waals surface area (Å²) in [5.74, 6) is -1.08. The average Bonchev–Trinajstić information content (AvgIpc) is 2.80. The number of hydrogen-bond donors (Lipinski definition) is 1. The fourth-order valence-corrected chi connectivity index (χ4v) is 2.46. The highest BCUT2D eigenvalue weighted by Crippen LogP contribution is 2.06. The Morgan fingerprint density at radius 2 is 1.44 bits per heavy atom. The normalized spacial score (nSPS) is 15.2. The number of carbonyl (C=O) groups excluding carboxylic acids is 1. The number of hydrogen-bond acceptors (Lipinski definition) is 2. The van der Waals surface area contributed by atoms with Crippen LogP contribution in [0.2, 0.25) is 0 Å². The first-order valence-electron chi connectivity index (χ1n) is 7.68. The molecule has 108 valence electrons. The summed E-state index contributed by atoms with van der Waals surface area (Å²) in [6.45, 7) is 7.62. The molecule has 0 aromatic carbocycles. The van der Waals surface area contributed by atoms with E-state index in [1.807, 2.05) is 4.90 Å². The average molecular weight is 257 g/mol. The van der Waals surface area contributed by atoms with Crippen LogP contribution in [0.15, 0.2) is 0 Å². The molecule has 0 spiro atoms. The van der Waals surface area contributed by atoms with Gasteiger partial charge in [0, 0.05) is 18.8 Å². The van der Waals surface area contributed by atoms with Crippen LogP contribution in [-0.2, 0) is 4.79 Å². The molecule has 0 aromatic heterocycles. The molecule has 1 fully saturated rings. The minimum Gasteiger partial charge on any atom is -0.550 e. The number of rotatable bonds is 8. The van der Waals surface area contributed by atoms with Gasteiger partial charge >= 0.3 is 0 Å². The lowest BCUT2D eigenvalue weighted by Gasteiger charge is -2.11. The monoisotopic (exact) mass is 257 g/mol. The van der Waals surface area contributed by atoms with Crippen LogP contribution in [0.1, 0.15) is 71.6 Å². The summed E-state index contributed by atoms with van der Waals surface area (Å²) >= 11 is 0. The summed E-state index contributed by atoms with van der Waals surface area (Å²) in [6, 6.07) is 0. The molecule has 0 saturated carbocycles. The summed E-state index contributed by atoms with van der Waals surface area (Å²) in [5, 5.41) is 8.89. The van der Waals surface area contributed by atoms with Gasteiger partial charge in [0.2, 0.25) is 0 Å². The van der Waals surface area contributed by atoms with E-state index >= 15 is 0 Å². The van der Waals surface area contributed by atoms with Gasteiger partial charge in [-0.05, 0) is 19.8 Å². The molecule has 1 heterocycles. The van der Waals surface area contributed by atoms with E-state index in [9.17, 15) is 0 Å². The molecule has 1 N–H and O–H groups in total. The van der Waals surface area contributed by atoms with Gasteiger partial charge in [-0.2, -0.15) is 0 Å². The number of unbranched alkanes of at least 4 members (excludes halogenated alkanes) is 6. The van der Waals surface area contributed by atoms with E-state index in [1.54, 1.807) is 0 Å². The number of carboxylic acid groups (broad SMARTS) is 1. The number of carbonyl (C=O) groups is 1. The van der Waals surface area contributed by atoms with Crippen molar-refractivity contribution in [1.82, 2.24) is 0 Å². The van der Waals surface area contributed by atoms with Gasteiger partial charge in [0.1, 0.15) is 0 Å². The van der Waals surface area contributed by atoms with Crippen LogP contribution >= 0.6 is 0 Å². The van der Waals surface area contributed by atoms with E-state index in [0.717, 1.165) is 6.92 Å². The van der Waals surface area contributed by atoms with Crippen molar-refractivity contribution >= 4 is 5.97 Å². The highest BCUT2D eigenvalue weighted by molar-refractivity contribution is 5.60. The Balaban J connectivity index is 0.000000631. The van der Waals surface area contributed by atoms with Crippen LogP contribution < -0.4 is 10.0 Å². The largest absolute Gasteiger partial charge is 0.550 e. The molecule has 3 nitrogen and oxygen atoms in total. The van der Waals surface area contributed by atoms with Gasteiger partial charge in [0.15, 0.2) is 0 Å². The second-order valence-electron chi connectivity index (χ2n) is 5.32. The zero-order valence-electron chi connectivity index (χ0n) is 12.3. The Hall–Kier alpha value is -0.570. The van der Waals surface area contributed by atoms with Crippen LogP contribution in [0, 0.1) is 0 Å². The van der Waals surface area contributed by atoms with Crippen molar-refractivity contribution in [2.45, 2.75) is 71.6 Å². The third-order valence-corrected chi connectivity index (χ3v) is 3.44. The van der Waals surface area contributed by atoms with Crippen molar-refractivity contribution in [2.24, 2.45) is 0 Å². The van der Waals surface area contributed by atoms with Crippen molar-refractivity contribution in [3.8, 4) is 0 Å². The van der Waals surface area contributed by atoms with Gasteiger partial charge in [0.05, 0.1) is 19.6 Å². The van der Waals surface area contributed by atoms with E-state index in [0.29, 0.717) is 0 Å². The number of carboxylic acids is 1.